The standard InChI is InChI=1S/C20H28O2/c1-19-10-11-20(2)17(8-9-18(20)21)16(19)6-4-13-12-14(22-3)5-7-15(13)19/h5,16-17H,4,6-12H2,1-3H3/t16-,17-,19+,20-/m0/s1. The maximum Gasteiger partial charge on any atom is 0.139 e. The van der Waals surface area contributed by atoms with Gasteiger partial charge in [0.25, 0.3) is 0 Å². The maximum atomic E-state index is 12.4. The Labute approximate surface area is 134 Å². The van der Waals surface area contributed by atoms with Gasteiger partial charge in [-0.1, -0.05) is 25.0 Å². The highest BCUT2D eigenvalue weighted by Crippen LogP contribution is 2.65. The van der Waals surface area contributed by atoms with E-state index in [1.165, 1.54) is 19.3 Å². The van der Waals surface area contributed by atoms with E-state index in [4.69, 9.17) is 4.74 Å². The van der Waals surface area contributed by atoms with E-state index < -0.39 is 0 Å². The van der Waals surface area contributed by atoms with E-state index in [9.17, 15) is 4.79 Å². The van der Waals surface area contributed by atoms with E-state index >= 15 is 0 Å². The maximum absolute atomic E-state index is 12.4. The third-order valence-corrected chi connectivity index (χ3v) is 7.66. The largest absolute Gasteiger partial charge is 0.501 e. The molecule has 0 aromatic rings. The first-order chi connectivity index (χ1) is 10.5. The molecule has 0 unspecified atom stereocenters. The van der Waals surface area contributed by atoms with Crippen LogP contribution >= 0.6 is 0 Å². The second-order valence-corrected chi connectivity index (χ2v) is 8.39. The molecule has 4 atom stereocenters. The van der Waals surface area contributed by atoms with Gasteiger partial charge < -0.3 is 4.74 Å². The number of hydrogen-bond acceptors (Lipinski definition) is 2. The van der Waals surface area contributed by atoms with E-state index in [1.54, 1.807) is 18.3 Å². The Morgan fingerprint density at radius 2 is 1.77 bits per heavy atom. The van der Waals surface area contributed by atoms with Crippen molar-refractivity contribution in [3.8, 4) is 0 Å². The molecule has 2 nitrogen and oxygen atoms in total. The molecule has 0 N–H and O–H groups in total. The monoisotopic (exact) mass is 300 g/mol. The lowest BCUT2D eigenvalue weighted by molar-refractivity contribution is -0.131. The summed E-state index contributed by atoms with van der Waals surface area (Å²) < 4.78 is 5.49. The second kappa shape index (κ2) is 4.72. The fraction of sp³-hybridized carbons (Fsp3) is 0.750. The van der Waals surface area contributed by atoms with Crippen molar-refractivity contribution >= 4 is 5.78 Å². The van der Waals surface area contributed by atoms with Crippen LogP contribution in [-0.4, -0.2) is 12.9 Å². The van der Waals surface area contributed by atoms with Gasteiger partial charge >= 0.3 is 0 Å². The minimum absolute atomic E-state index is 0.00949. The molecule has 0 heterocycles. The zero-order valence-corrected chi connectivity index (χ0v) is 14.2. The van der Waals surface area contributed by atoms with Crippen LogP contribution in [-0.2, 0) is 9.53 Å². The Hall–Kier alpha value is -1.05. The Balaban J connectivity index is 1.69. The van der Waals surface area contributed by atoms with Crippen LogP contribution in [0.4, 0.5) is 0 Å². The highest BCUT2D eigenvalue weighted by atomic mass is 16.5. The molecule has 0 bridgehead atoms. The summed E-state index contributed by atoms with van der Waals surface area (Å²) in [6.07, 6.45) is 11.1. The van der Waals surface area contributed by atoms with Crippen molar-refractivity contribution in [1.29, 1.82) is 0 Å². The smallest absolute Gasteiger partial charge is 0.139 e. The molecule has 2 saturated carbocycles. The molecule has 4 aliphatic carbocycles. The lowest BCUT2D eigenvalue weighted by Gasteiger charge is -2.56. The van der Waals surface area contributed by atoms with Gasteiger partial charge in [0.1, 0.15) is 5.78 Å². The molecule has 22 heavy (non-hydrogen) atoms. The molecule has 4 rings (SSSR count). The number of carbonyl (C=O) groups excluding carboxylic acids is 1. The molecule has 0 radical (unpaired) electrons. The van der Waals surface area contributed by atoms with Crippen molar-refractivity contribution in [3.05, 3.63) is 23.0 Å². The number of Topliss-reactive ketones (excluding diaryl/α,β-unsaturated/α-hetero) is 1. The summed E-state index contributed by atoms with van der Waals surface area (Å²) in [6.45, 7) is 4.76. The van der Waals surface area contributed by atoms with Crippen LogP contribution in [0.2, 0.25) is 0 Å². The van der Waals surface area contributed by atoms with Gasteiger partial charge in [-0.25, -0.2) is 0 Å². The van der Waals surface area contributed by atoms with Crippen molar-refractivity contribution in [2.45, 2.75) is 65.2 Å². The highest BCUT2D eigenvalue weighted by Gasteiger charge is 2.58. The van der Waals surface area contributed by atoms with E-state index in [-0.39, 0.29) is 5.41 Å². The molecule has 2 heteroatoms. The summed E-state index contributed by atoms with van der Waals surface area (Å²) in [5.74, 6) is 3.04. The summed E-state index contributed by atoms with van der Waals surface area (Å²) in [5.41, 5.74) is 3.67. The van der Waals surface area contributed by atoms with Gasteiger partial charge in [0.2, 0.25) is 0 Å². The van der Waals surface area contributed by atoms with Crippen LogP contribution < -0.4 is 0 Å². The molecule has 2 fully saturated rings. The average molecular weight is 300 g/mol. The predicted octanol–water partition coefficient (Wildman–Crippen LogP) is 4.80. The SMILES string of the molecule is COC1=CCC2=C(CC[C@H]3[C@@H]4CCC(=O)[C@@]4(C)CC[C@]23C)C1. The lowest BCUT2D eigenvalue weighted by atomic mass is 9.48. The summed E-state index contributed by atoms with van der Waals surface area (Å²) in [6, 6.07) is 0. The fourth-order valence-corrected chi connectivity index (χ4v) is 6.22. The zero-order chi connectivity index (χ0) is 15.5. The van der Waals surface area contributed by atoms with Crippen LogP contribution in [0.1, 0.15) is 65.2 Å². The fourth-order valence-electron chi connectivity index (χ4n) is 6.22. The van der Waals surface area contributed by atoms with Crippen LogP contribution in [0, 0.1) is 22.7 Å². The van der Waals surface area contributed by atoms with Crippen molar-refractivity contribution in [3.63, 3.8) is 0 Å². The number of rotatable bonds is 1. The number of allylic oxidation sites excluding steroid dienone is 3. The summed E-state index contributed by atoms with van der Waals surface area (Å²) in [7, 11) is 1.79. The molecule has 120 valence electrons. The Kier molecular flexibility index (Phi) is 3.12. The first kappa shape index (κ1) is 14.5. The van der Waals surface area contributed by atoms with Crippen molar-refractivity contribution in [2.24, 2.45) is 22.7 Å². The summed E-state index contributed by atoms with van der Waals surface area (Å²) in [4.78, 5) is 12.4. The van der Waals surface area contributed by atoms with Gasteiger partial charge in [0, 0.05) is 18.3 Å². The van der Waals surface area contributed by atoms with Crippen LogP contribution in [0.5, 0.6) is 0 Å². The van der Waals surface area contributed by atoms with E-state index in [0.717, 1.165) is 37.9 Å². The van der Waals surface area contributed by atoms with Crippen molar-refractivity contribution in [1.82, 2.24) is 0 Å². The topological polar surface area (TPSA) is 26.3 Å². The van der Waals surface area contributed by atoms with Gasteiger partial charge in [0.15, 0.2) is 0 Å². The summed E-state index contributed by atoms with van der Waals surface area (Å²) in [5, 5.41) is 0. The Bertz CT molecular complexity index is 585. The van der Waals surface area contributed by atoms with Gasteiger partial charge in [0.05, 0.1) is 12.9 Å². The normalized spacial score (nSPS) is 44.1. The van der Waals surface area contributed by atoms with Gasteiger partial charge in [-0.2, -0.15) is 0 Å². The molecular weight excluding hydrogens is 272 g/mol. The number of fused-ring (bicyclic) bond motifs is 4. The predicted molar refractivity (Wildman–Crippen MR) is 87.3 cm³/mol. The number of carbonyl (C=O) groups is 1. The molecule has 0 spiro atoms. The van der Waals surface area contributed by atoms with E-state index in [2.05, 4.69) is 19.9 Å². The highest BCUT2D eigenvalue weighted by molar-refractivity contribution is 5.87. The average Bonchev–Trinajstić information content (AvgIpc) is 2.82. The van der Waals surface area contributed by atoms with Crippen LogP contribution in [0.15, 0.2) is 23.0 Å². The second-order valence-electron chi connectivity index (χ2n) is 8.39. The minimum atomic E-state index is -0.00949. The molecule has 0 aliphatic heterocycles. The molecular formula is C20H28O2. The lowest BCUT2D eigenvalue weighted by Crippen LogP contribution is -2.49. The quantitative estimate of drug-likeness (QED) is 0.650. The Morgan fingerprint density at radius 1 is 1.09 bits per heavy atom. The first-order valence-corrected chi connectivity index (χ1v) is 8.97. The van der Waals surface area contributed by atoms with Gasteiger partial charge in [-0.05, 0) is 61.9 Å². The number of methoxy groups -OCH3 is 1. The molecule has 0 aromatic carbocycles. The molecule has 4 aliphatic rings. The third-order valence-electron chi connectivity index (χ3n) is 7.66. The molecule has 0 saturated heterocycles. The Morgan fingerprint density at radius 3 is 2.55 bits per heavy atom. The third kappa shape index (κ3) is 1.76. The van der Waals surface area contributed by atoms with Crippen LogP contribution in [0.3, 0.4) is 0 Å². The van der Waals surface area contributed by atoms with Gasteiger partial charge in [-0.3, -0.25) is 4.79 Å². The van der Waals surface area contributed by atoms with Gasteiger partial charge in [-0.15, -0.1) is 0 Å². The number of ketones is 1. The molecule has 0 amide bonds. The molecule has 0 aromatic heterocycles. The first-order valence-electron chi connectivity index (χ1n) is 8.97. The van der Waals surface area contributed by atoms with Crippen LogP contribution in [0.25, 0.3) is 0 Å². The van der Waals surface area contributed by atoms with Crippen molar-refractivity contribution < 1.29 is 9.53 Å². The van der Waals surface area contributed by atoms with E-state index in [0.29, 0.717) is 23.0 Å². The summed E-state index contributed by atoms with van der Waals surface area (Å²) >= 11 is 0. The van der Waals surface area contributed by atoms with Crippen molar-refractivity contribution in [2.75, 3.05) is 7.11 Å². The zero-order valence-electron chi connectivity index (χ0n) is 14.2. The number of ether oxygens (including phenoxy) is 1. The number of hydrogen-bond donors (Lipinski definition) is 0. The van der Waals surface area contributed by atoms with E-state index in [1.807, 2.05) is 0 Å². The minimum Gasteiger partial charge on any atom is -0.501 e.